The molecule has 1 aliphatic carbocycles. The van der Waals surface area contributed by atoms with Crippen molar-refractivity contribution in [1.29, 1.82) is 0 Å². The van der Waals surface area contributed by atoms with E-state index in [0.29, 0.717) is 19.1 Å². The van der Waals surface area contributed by atoms with E-state index in [-0.39, 0.29) is 12.1 Å². The predicted molar refractivity (Wildman–Crippen MR) is 93.3 cm³/mol. The number of ether oxygens (including phenoxy) is 1. The number of nitrogens with one attached hydrogen (secondary N) is 2. The lowest BCUT2D eigenvalue weighted by Crippen LogP contribution is -2.31. The molecular formula is C18H24N4O2. The molecule has 1 aromatic heterocycles. The zero-order valence-corrected chi connectivity index (χ0v) is 14.4. The fourth-order valence-electron chi connectivity index (χ4n) is 3.01. The van der Waals surface area contributed by atoms with E-state index >= 15 is 0 Å². The molecule has 0 spiro atoms. The third kappa shape index (κ3) is 3.59. The summed E-state index contributed by atoms with van der Waals surface area (Å²) < 4.78 is 6.94. The third-order valence-electron chi connectivity index (χ3n) is 4.46. The van der Waals surface area contributed by atoms with Crippen LogP contribution in [-0.4, -0.2) is 35.6 Å². The number of aromatic nitrogens is 2. The van der Waals surface area contributed by atoms with Crippen molar-refractivity contribution in [3.05, 3.63) is 47.3 Å². The number of methoxy groups -OCH3 is 1. The topological polar surface area (TPSA) is 68.2 Å². The summed E-state index contributed by atoms with van der Waals surface area (Å²) in [7, 11) is 1.66. The van der Waals surface area contributed by atoms with Gasteiger partial charge in [-0.3, -0.25) is 4.68 Å². The van der Waals surface area contributed by atoms with Gasteiger partial charge in [0, 0.05) is 19.1 Å². The maximum Gasteiger partial charge on any atom is 0.319 e. The average molecular weight is 328 g/mol. The fraction of sp³-hybridized carbons (Fsp3) is 0.444. The van der Waals surface area contributed by atoms with Crippen LogP contribution in [0.3, 0.4) is 0 Å². The van der Waals surface area contributed by atoms with E-state index in [1.54, 1.807) is 7.11 Å². The lowest BCUT2D eigenvalue weighted by molar-refractivity contribution is 0.182. The summed E-state index contributed by atoms with van der Waals surface area (Å²) in [6.07, 6.45) is 0.989. The van der Waals surface area contributed by atoms with Gasteiger partial charge in [-0.25, -0.2) is 4.79 Å². The second-order valence-electron chi connectivity index (χ2n) is 6.22. The molecule has 1 aromatic carbocycles. The van der Waals surface area contributed by atoms with Gasteiger partial charge in [0.25, 0.3) is 0 Å². The highest BCUT2D eigenvalue weighted by molar-refractivity contribution is 5.91. The highest BCUT2D eigenvalue weighted by Crippen LogP contribution is 2.40. The summed E-state index contributed by atoms with van der Waals surface area (Å²) in [5.74, 6) is 0.420. The molecular weight excluding hydrogens is 304 g/mol. The molecule has 3 rings (SSSR count). The van der Waals surface area contributed by atoms with Gasteiger partial charge in [0.05, 0.1) is 30.2 Å². The molecule has 24 heavy (non-hydrogen) atoms. The number of carbonyl (C=O) groups excluding carboxylic acids is 1. The van der Waals surface area contributed by atoms with Gasteiger partial charge in [-0.05, 0) is 25.8 Å². The van der Waals surface area contributed by atoms with Gasteiger partial charge in [0.1, 0.15) is 0 Å². The quantitative estimate of drug-likeness (QED) is 0.857. The molecule has 0 radical (unpaired) electrons. The Kier molecular flexibility index (Phi) is 4.85. The largest absolute Gasteiger partial charge is 0.383 e. The number of anilines is 1. The third-order valence-corrected chi connectivity index (χ3v) is 4.46. The van der Waals surface area contributed by atoms with E-state index in [4.69, 9.17) is 4.74 Å². The number of nitrogens with zero attached hydrogens (tertiary/aromatic N) is 2. The normalized spacial score (nSPS) is 19.1. The molecule has 0 saturated heterocycles. The number of rotatable bonds is 6. The molecule has 1 saturated carbocycles. The second kappa shape index (κ2) is 7.05. The Morgan fingerprint density at radius 2 is 2.08 bits per heavy atom. The van der Waals surface area contributed by atoms with Crippen molar-refractivity contribution in [2.24, 2.45) is 0 Å². The Morgan fingerprint density at radius 1 is 1.33 bits per heavy atom. The van der Waals surface area contributed by atoms with Crippen LogP contribution in [0.25, 0.3) is 0 Å². The molecule has 2 aromatic rings. The molecule has 1 fully saturated rings. The Balaban J connectivity index is 1.57. The van der Waals surface area contributed by atoms with Crippen LogP contribution < -0.4 is 10.6 Å². The fourth-order valence-corrected chi connectivity index (χ4v) is 3.01. The Morgan fingerprint density at radius 3 is 2.79 bits per heavy atom. The van der Waals surface area contributed by atoms with Crippen molar-refractivity contribution in [3.63, 3.8) is 0 Å². The van der Waals surface area contributed by atoms with Gasteiger partial charge >= 0.3 is 6.03 Å². The lowest BCUT2D eigenvalue weighted by atomic mass is 10.1. The van der Waals surface area contributed by atoms with Crippen LogP contribution in [0.15, 0.2) is 30.3 Å². The molecule has 6 heteroatoms. The zero-order valence-electron chi connectivity index (χ0n) is 14.4. The highest BCUT2D eigenvalue weighted by atomic mass is 16.5. The van der Waals surface area contributed by atoms with Crippen molar-refractivity contribution in [2.45, 2.75) is 38.8 Å². The van der Waals surface area contributed by atoms with Crippen molar-refractivity contribution in [3.8, 4) is 0 Å². The van der Waals surface area contributed by atoms with Crippen LogP contribution in [0.5, 0.6) is 0 Å². The molecule has 2 amide bonds. The Labute approximate surface area is 142 Å². The van der Waals surface area contributed by atoms with E-state index in [1.807, 2.05) is 36.7 Å². The smallest absolute Gasteiger partial charge is 0.319 e. The molecule has 6 nitrogen and oxygen atoms in total. The van der Waals surface area contributed by atoms with E-state index < -0.39 is 0 Å². The molecule has 0 aliphatic heterocycles. The molecule has 1 heterocycles. The van der Waals surface area contributed by atoms with Crippen molar-refractivity contribution in [1.82, 2.24) is 15.1 Å². The number of amides is 2. The monoisotopic (exact) mass is 328 g/mol. The molecule has 2 N–H and O–H groups in total. The summed E-state index contributed by atoms with van der Waals surface area (Å²) in [6.45, 7) is 5.12. The number of hydrogen-bond acceptors (Lipinski definition) is 3. The average Bonchev–Trinajstić information content (AvgIpc) is 3.29. The van der Waals surface area contributed by atoms with Crippen LogP contribution in [0.4, 0.5) is 10.5 Å². The summed E-state index contributed by atoms with van der Waals surface area (Å²) in [6, 6.07) is 10.3. The molecule has 1 aliphatic rings. The minimum atomic E-state index is -0.170. The first-order valence-electron chi connectivity index (χ1n) is 8.25. The minimum absolute atomic E-state index is 0.170. The summed E-state index contributed by atoms with van der Waals surface area (Å²) >= 11 is 0. The van der Waals surface area contributed by atoms with Gasteiger partial charge in [-0.15, -0.1) is 0 Å². The van der Waals surface area contributed by atoms with Crippen molar-refractivity contribution < 1.29 is 9.53 Å². The maximum absolute atomic E-state index is 12.3. The van der Waals surface area contributed by atoms with Gasteiger partial charge in [-0.2, -0.15) is 5.10 Å². The van der Waals surface area contributed by atoms with Crippen LogP contribution in [0.1, 0.15) is 29.3 Å². The summed E-state index contributed by atoms with van der Waals surface area (Å²) in [5.41, 5.74) is 3.81. The molecule has 128 valence electrons. The molecule has 2 atom stereocenters. The lowest BCUT2D eigenvalue weighted by Gasteiger charge is -2.08. The van der Waals surface area contributed by atoms with Crippen LogP contribution in [0.2, 0.25) is 0 Å². The Hall–Kier alpha value is -2.34. The molecule has 0 unspecified atom stereocenters. The standard InChI is InChI=1S/C18H24N4O2/c1-12-17(13(2)22(21-12)9-10-24-3)20-18(23)19-16-11-15(16)14-7-5-4-6-8-14/h4-8,15-16H,9-11H2,1-3H3,(H2,19,20,23)/t15-,16+/m1/s1. The van der Waals surface area contributed by atoms with E-state index in [1.165, 1.54) is 5.56 Å². The van der Waals surface area contributed by atoms with E-state index in [2.05, 4.69) is 27.9 Å². The SMILES string of the molecule is COCCn1nc(C)c(NC(=O)N[C@H]2C[C@@H]2c2ccccc2)c1C. The van der Waals surface area contributed by atoms with E-state index in [0.717, 1.165) is 23.5 Å². The van der Waals surface area contributed by atoms with E-state index in [9.17, 15) is 4.79 Å². The first kappa shape index (κ1) is 16.5. The minimum Gasteiger partial charge on any atom is -0.383 e. The second-order valence-corrected chi connectivity index (χ2v) is 6.22. The number of benzene rings is 1. The number of hydrogen-bond donors (Lipinski definition) is 2. The van der Waals surface area contributed by atoms with Gasteiger partial charge in [0.2, 0.25) is 0 Å². The van der Waals surface area contributed by atoms with Crippen LogP contribution >= 0.6 is 0 Å². The maximum atomic E-state index is 12.3. The number of urea groups is 1. The Bertz CT molecular complexity index is 711. The van der Waals surface area contributed by atoms with Crippen LogP contribution in [-0.2, 0) is 11.3 Å². The first-order valence-corrected chi connectivity index (χ1v) is 8.25. The number of aryl methyl sites for hydroxylation is 1. The number of carbonyl (C=O) groups is 1. The predicted octanol–water partition coefficient (Wildman–Crippen LogP) is 2.82. The van der Waals surface area contributed by atoms with Gasteiger partial charge in [-0.1, -0.05) is 30.3 Å². The van der Waals surface area contributed by atoms with Gasteiger partial charge < -0.3 is 15.4 Å². The zero-order chi connectivity index (χ0) is 17.1. The summed E-state index contributed by atoms with van der Waals surface area (Å²) in [4.78, 5) is 12.3. The highest BCUT2D eigenvalue weighted by Gasteiger charge is 2.39. The van der Waals surface area contributed by atoms with Crippen molar-refractivity contribution in [2.75, 3.05) is 19.0 Å². The molecule has 0 bridgehead atoms. The first-order chi connectivity index (χ1) is 11.6. The summed E-state index contributed by atoms with van der Waals surface area (Å²) in [5, 5.41) is 10.4. The van der Waals surface area contributed by atoms with Crippen molar-refractivity contribution >= 4 is 11.7 Å². The van der Waals surface area contributed by atoms with Gasteiger partial charge in [0.15, 0.2) is 0 Å². The van der Waals surface area contributed by atoms with Crippen LogP contribution in [0, 0.1) is 13.8 Å².